The van der Waals surface area contributed by atoms with Gasteiger partial charge in [0, 0.05) is 17.5 Å². The molecule has 4 aliphatic rings. The lowest BCUT2D eigenvalue weighted by atomic mass is 9.83. The summed E-state index contributed by atoms with van der Waals surface area (Å²) in [5.41, 5.74) is 1.04. The predicted molar refractivity (Wildman–Crippen MR) is 116 cm³/mol. The summed E-state index contributed by atoms with van der Waals surface area (Å²) in [7, 11) is 0. The molecule has 1 aromatic carbocycles. The quantitative estimate of drug-likeness (QED) is 0.750. The molecule has 1 aliphatic heterocycles. The molecule has 4 atom stereocenters. The van der Waals surface area contributed by atoms with Gasteiger partial charge in [-0.1, -0.05) is 24.6 Å². The first-order chi connectivity index (χ1) is 15.4. The second-order valence-corrected chi connectivity index (χ2v) is 10.2. The minimum Gasteiger partial charge on any atom is -0.476 e. The van der Waals surface area contributed by atoms with Crippen molar-refractivity contribution in [1.82, 2.24) is 20.0 Å². The van der Waals surface area contributed by atoms with Gasteiger partial charge in [0.05, 0.1) is 5.52 Å². The fraction of sp³-hybridized carbons (Fsp3) is 0.583. The van der Waals surface area contributed by atoms with Gasteiger partial charge in [-0.2, -0.15) is 5.10 Å². The van der Waals surface area contributed by atoms with E-state index in [0.717, 1.165) is 25.7 Å². The van der Waals surface area contributed by atoms with Crippen molar-refractivity contribution in [1.29, 1.82) is 0 Å². The first kappa shape index (κ1) is 19.8. The third-order valence-corrected chi connectivity index (χ3v) is 8.08. The number of carboxylic acids is 1. The minimum atomic E-state index is -1.12. The number of aromatic nitrogens is 2. The molecule has 4 fully saturated rings. The lowest BCUT2D eigenvalue weighted by molar-refractivity contribution is -0.140. The lowest BCUT2D eigenvalue weighted by Gasteiger charge is -2.33. The number of fused-ring (bicyclic) bond motifs is 2. The Bertz CT molecular complexity index is 1120. The Morgan fingerprint density at radius 3 is 2.75 bits per heavy atom. The monoisotopic (exact) mass is 436 g/mol. The summed E-state index contributed by atoms with van der Waals surface area (Å²) < 4.78 is 1.46. The highest BCUT2D eigenvalue weighted by Crippen LogP contribution is 2.56. The molecular formula is C24H28N4O4. The zero-order valence-corrected chi connectivity index (χ0v) is 18.0. The Hall–Kier alpha value is -2.90. The first-order valence-electron chi connectivity index (χ1n) is 11.7. The summed E-state index contributed by atoms with van der Waals surface area (Å²) in [5, 5.41) is 17.4. The molecular weight excluding hydrogens is 408 g/mol. The van der Waals surface area contributed by atoms with Crippen molar-refractivity contribution in [2.24, 2.45) is 11.3 Å². The standard InChI is InChI=1S/C24H28N4O4/c29-20(13-27-17-6-2-1-5-16(17)21(26-27)23(31)32)28-18-10-14(18)11-19(28)22(30)25-15-4-3-7-24(12-15)8-9-24/h1-2,5-6,14-15,18-19H,3-4,7-13H2,(H,25,30)(H,31,32)/t14-,15?,18-,19+/m1/s1. The third kappa shape index (κ3) is 3.27. The topological polar surface area (TPSA) is 105 Å². The number of nitrogens with one attached hydrogen (secondary N) is 1. The number of amides is 2. The van der Waals surface area contributed by atoms with Gasteiger partial charge in [0.1, 0.15) is 12.6 Å². The molecule has 168 valence electrons. The van der Waals surface area contributed by atoms with Gasteiger partial charge in [-0.05, 0) is 62.3 Å². The summed E-state index contributed by atoms with van der Waals surface area (Å²) in [4.78, 5) is 39.9. The van der Waals surface area contributed by atoms with E-state index in [1.807, 2.05) is 0 Å². The Morgan fingerprint density at radius 2 is 1.97 bits per heavy atom. The van der Waals surface area contributed by atoms with Crippen LogP contribution in [0.4, 0.5) is 0 Å². The molecule has 32 heavy (non-hydrogen) atoms. The van der Waals surface area contributed by atoms with Crippen molar-refractivity contribution in [2.75, 3.05) is 0 Å². The number of para-hydroxylation sites is 1. The molecule has 0 radical (unpaired) electrons. The van der Waals surface area contributed by atoms with Crippen LogP contribution in [0.3, 0.4) is 0 Å². The molecule has 2 heterocycles. The first-order valence-corrected chi connectivity index (χ1v) is 11.7. The number of carbonyl (C=O) groups is 3. The van der Waals surface area contributed by atoms with Gasteiger partial charge in [-0.3, -0.25) is 14.3 Å². The molecule has 1 unspecified atom stereocenters. The van der Waals surface area contributed by atoms with Crippen LogP contribution >= 0.6 is 0 Å². The molecule has 1 aromatic heterocycles. The van der Waals surface area contributed by atoms with Gasteiger partial charge in [-0.25, -0.2) is 4.79 Å². The fourth-order valence-electron chi connectivity index (χ4n) is 6.17. The van der Waals surface area contributed by atoms with Gasteiger partial charge in [-0.15, -0.1) is 0 Å². The van der Waals surface area contributed by atoms with E-state index >= 15 is 0 Å². The number of carbonyl (C=O) groups excluding carboxylic acids is 2. The zero-order chi connectivity index (χ0) is 22.0. The Labute approximate surface area is 185 Å². The molecule has 2 amide bonds. The van der Waals surface area contributed by atoms with Crippen molar-refractivity contribution in [3.05, 3.63) is 30.0 Å². The van der Waals surface area contributed by atoms with Crippen LogP contribution < -0.4 is 5.32 Å². The average Bonchev–Trinajstić information content (AvgIpc) is 3.64. The van der Waals surface area contributed by atoms with Crippen LogP contribution in [0.1, 0.15) is 61.9 Å². The molecule has 8 heteroatoms. The van der Waals surface area contributed by atoms with Crippen molar-refractivity contribution in [3.63, 3.8) is 0 Å². The largest absolute Gasteiger partial charge is 0.476 e. The molecule has 2 aromatic rings. The van der Waals surface area contributed by atoms with Crippen LogP contribution in [0.5, 0.6) is 0 Å². The number of benzene rings is 1. The van der Waals surface area contributed by atoms with E-state index < -0.39 is 12.0 Å². The van der Waals surface area contributed by atoms with Crippen LogP contribution in [0.2, 0.25) is 0 Å². The molecule has 1 saturated heterocycles. The predicted octanol–water partition coefficient (Wildman–Crippen LogP) is 2.56. The van der Waals surface area contributed by atoms with E-state index in [4.69, 9.17) is 0 Å². The number of carboxylic acid groups (broad SMARTS) is 1. The highest BCUT2D eigenvalue weighted by Gasteiger charge is 2.56. The molecule has 0 bridgehead atoms. The maximum atomic E-state index is 13.3. The van der Waals surface area contributed by atoms with E-state index in [0.29, 0.717) is 22.2 Å². The molecule has 8 nitrogen and oxygen atoms in total. The number of hydrogen-bond acceptors (Lipinski definition) is 4. The van der Waals surface area contributed by atoms with Crippen LogP contribution in [-0.4, -0.2) is 55.7 Å². The smallest absolute Gasteiger partial charge is 0.357 e. The SMILES string of the molecule is O=C(O)c1nn(CC(=O)N2[C@@H]3C[C@@H]3C[C@H]2C(=O)NC2CCCC3(CC3)C2)c2ccccc12. The van der Waals surface area contributed by atoms with Crippen molar-refractivity contribution < 1.29 is 19.5 Å². The highest BCUT2D eigenvalue weighted by molar-refractivity contribution is 6.01. The van der Waals surface area contributed by atoms with Crippen LogP contribution in [-0.2, 0) is 16.1 Å². The summed E-state index contributed by atoms with van der Waals surface area (Å²) in [5.74, 6) is -0.902. The van der Waals surface area contributed by atoms with Crippen LogP contribution in [0.25, 0.3) is 10.9 Å². The lowest BCUT2D eigenvalue weighted by Crippen LogP contribution is -2.51. The average molecular weight is 437 g/mol. The van der Waals surface area contributed by atoms with E-state index in [-0.39, 0.29) is 36.1 Å². The summed E-state index contributed by atoms with van der Waals surface area (Å²) in [6.45, 7) is -0.0622. The number of hydrogen-bond donors (Lipinski definition) is 2. The highest BCUT2D eigenvalue weighted by atomic mass is 16.4. The number of rotatable bonds is 5. The van der Waals surface area contributed by atoms with E-state index in [2.05, 4.69) is 10.4 Å². The summed E-state index contributed by atoms with van der Waals surface area (Å²) >= 11 is 0. The molecule has 2 N–H and O–H groups in total. The second-order valence-electron chi connectivity index (χ2n) is 10.2. The van der Waals surface area contributed by atoms with Gasteiger partial charge in [0.15, 0.2) is 5.69 Å². The van der Waals surface area contributed by atoms with Gasteiger partial charge in [0.2, 0.25) is 11.8 Å². The number of aromatic carboxylic acids is 1. The van der Waals surface area contributed by atoms with Crippen molar-refractivity contribution in [3.8, 4) is 0 Å². The van der Waals surface area contributed by atoms with Gasteiger partial charge < -0.3 is 15.3 Å². The van der Waals surface area contributed by atoms with E-state index in [1.165, 1.54) is 30.4 Å². The molecule has 3 saturated carbocycles. The Morgan fingerprint density at radius 1 is 1.16 bits per heavy atom. The van der Waals surface area contributed by atoms with Crippen LogP contribution in [0, 0.1) is 11.3 Å². The van der Waals surface area contributed by atoms with Gasteiger partial charge >= 0.3 is 5.97 Å². The molecule has 1 spiro atoms. The maximum Gasteiger partial charge on any atom is 0.357 e. The minimum absolute atomic E-state index is 0.0233. The van der Waals surface area contributed by atoms with Gasteiger partial charge in [0.25, 0.3) is 0 Å². The number of piperidine rings is 1. The molecule has 6 rings (SSSR count). The van der Waals surface area contributed by atoms with Crippen molar-refractivity contribution in [2.45, 2.75) is 76.0 Å². The Kier molecular flexibility index (Phi) is 4.35. The third-order valence-electron chi connectivity index (χ3n) is 8.08. The molecule has 3 aliphatic carbocycles. The second kappa shape index (κ2) is 7.05. The summed E-state index contributed by atoms with van der Waals surface area (Å²) in [6.07, 6.45) is 8.79. The number of nitrogens with zero attached hydrogens (tertiary/aromatic N) is 3. The van der Waals surface area contributed by atoms with Crippen molar-refractivity contribution >= 4 is 28.7 Å². The summed E-state index contributed by atoms with van der Waals surface area (Å²) in [6, 6.07) is 6.95. The van der Waals surface area contributed by atoms with Crippen LogP contribution in [0.15, 0.2) is 24.3 Å². The Balaban J connectivity index is 1.19. The number of likely N-dealkylation sites (tertiary alicyclic amines) is 1. The maximum absolute atomic E-state index is 13.3. The normalized spacial score (nSPS) is 29.7. The zero-order valence-electron chi connectivity index (χ0n) is 18.0. The van der Waals surface area contributed by atoms with E-state index in [9.17, 15) is 19.5 Å². The fourth-order valence-corrected chi connectivity index (χ4v) is 6.17. The van der Waals surface area contributed by atoms with E-state index in [1.54, 1.807) is 29.2 Å².